The molecule has 2 fully saturated rings. The lowest BCUT2D eigenvalue weighted by Gasteiger charge is -2.37. The smallest absolute Gasteiger partial charge is 0.253 e. The molecule has 0 radical (unpaired) electrons. The second-order valence-corrected chi connectivity index (χ2v) is 11.9. The van der Waals surface area contributed by atoms with Crippen molar-refractivity contribution in [2.75, 3.05) is 62.2 Å². The molecule has 2 aliphatic heterocycles. The van der Waals surface area contributed by atoms with Crippen LogP contribution in [0.4, 0.5) is 15.9 Å². The molecule has 3 aromatic carbocycles. The van der Waals surface area contributed by atoms with E-state index in [1.165, 1.54) is 6.07 Å². The van der Waals surface area contributed by atoms with E-state index in [4.69, 9.17) is 9.97 Å². The molecule has 0 bridgehead atoms. The fourth-order valence-electron chi connectivity index (χ4n) is 5.58. The van der Waals surface area contributed by atoms with Crippen LogP contribution in [0.3, 0.4) is 0 Å². The van der Waals surface area contributed by atoms with Crippen molar-refractivity contribution < 1.29 is 14.0 Å². The van der Waals surface area contributed by atoms with E-state index in [9.17, 15) is 14.0 Å². The van der Waals surface area contributed by atoms with Crippen LogP contribution in [0.1, 0.15) is 22.8 Å². The fourth-order valence-corrected chi connectivity index (χ4v) is 6.39. The normalized spacial score (nSPS) is 15.4. The molecule has 0 atom stereocenters. The quantitative estimate of drug-likeness (QED) is 0.210. The number of halogens is 1. The molecule has 0 saturated carbocycles. The summed E-state index contributed by atoms with van der Waals surface area (Å²) in [6, 6.07) is 26.8. The molecule has 0 N–H and O–H groups in total. The van der Waals surface area contributed by atoms with Crippen molar-refractivity contribution in [2.45, 2.75) is 17.8 Å². The summed E-state index contributed by atoms with van der Waals surface area (Å²) in [4.78, 5) is 42.4. The molecular weight excluding hydrogens is 575 g/mol. The van der Waals surface area contributed by atoms with Gasteiger partial charge in [0.2, 0.25) is 5.91 Å². The van der Waals surface area contributed by atoms with Crippen molar-refractivity contribution >= 4 is 35.1 Å². The Bertz CT molecular complexity index is 1600. The van der Waals surface area contributed by atoms with Crippen molar-refractivity contribution in [3.05, 3.63) is 102 Å². The van der Waals surface area contributed by atoms with Crippen molar-refractivity contribution in [3.63, 3.8) is 0 Å². The van der Waals surface area contributed by atoms with Crippen LogP contribution in [0.2, 0.25) is 0 Å². The van der Waals surface area contributed by atoms with Gasteiger partial charge < -0.3 is 19.6 Å². The maximum Gasteiger partial charge on any atom is 0.253 e. The molecule has 0 unspecified atom stereocenters. The van der Waals surface area contributed by atoms with Crippen LogP contribution in [0.25, 0.3) is 11.3 Å². The zero-order chi connectivity index (χ0) is 30.5. The summed E-state index contributed by atoms with van der Waals surface area (Å²) < 4.78 is 14.4. The lowest BCUT2D eigenvalue weighted by molar-refractivity contribution is -0.130. The number of nitrogens with zero attached hydrogens (tertiary/aromatic N) is 6. The van der Waals surface area contributed by atoms with Crippen LogP contribution in [0, 0.1) is 5.82 Å². The average molecular weight is 611 g/mol. The molecule has 6 rings (SSSR count). The van der Waals surface area contributed by atoms with Gasteiger partial charge in [-0.1, -0.05) is 66.4 Å². The van der Waals surface area contributed by atoms with E-state index in [2.05, 4.69) is 9.80 Å². The van der Waals surface area contributed by atoms with Gasteiger partial charge in [0.25, 0.3) is 5.91 Å². The molecule has 0 aliphatic carbocycles. The molecule has 4 aromatic rings. The summed E-state index contributed by atoms with van der Waals surface area (Å²) in [5.74, 6) is 1.36. The second-order valence-electron chi connectivity index (χ2n) is 11.0. The van der Waals surface area contributed by atoms with Crippen LogP contribution in [0.15, 0.2) is 90.1 Å². The van der Waals surface area contributed by atoms with E-state index in [0.29, 0.717) is 61.4 Å². The number of piperazine rings is 2. The van der Waals surface area contributed by atoms with E-state index in [1.54, 1.807) is 29.7 Å². The van der Waals surface area contributed by atoms with Gasteiger partial charge in [-0.05, 0) is 29.8 Å². The average Bonchev–Trinajstić information content (AvgIpc) is 3.08. The number of hydrogen-bond donors (Lipinski definition) is 0. The number of benzene rings is 3. The topological polar surface area (TPSA) is 72.9 Å². The summed E-state index contributed by atoms with van der Waals surface area (Å²) in [5.41, 5.74) is 4.24. The number of aromatic nitrogens is 2. The van der Waals surface area contributed by atoms with E-state index in [-0.39, 0.29) is 17.6 Å². The van der Waals surface area contributed by atoms with E-state index in [0.717, 1.165) is 35.7 Å². The Balaban J connectivity index is 1.13. The van der Waals surface area contributed by atoms with Crippen LogP contribution in [0.5, 0.6) is 0 Å². The molecule has 2 amide bonds. The van der Waals surface area contributed by atoms with Gasteiger partial charge in [-0.15, -0.1) is 0 Å². The Hall–Kier alpha value is -4.44. The largest absolute Gasteiger partial charge is 0.366 e. The fraction of sp³-hybridized carbons (Fsp3) is 0.294. The van der Waals surface area contributed by atoms with Crippen molar-refractivity contribution in [2.24, 2.45) is 0 Å². The van der Waals surface area contributed by atoms with Gasteiger partial charge in [0, 0.05) is 82.2 Å². The van der Waals surface area contributed by atoms with E-state index in [1.807, 2.05) is 77.7 Å². The number of thioether (sulfide) groups is 1. The molecule has 10 heteroatoms. The highest BCUT2D eigenvalue weighted by Crippen LogP contribution is 2.29. The SMILES string of the molecule is CC(=O)N1CCN(C(=O)c2ccc(CSc3nc(-c4ccccc4)cc(N4CCN(c5ccccc5F)CC4)n3)cc2)CC1. The van der Waals surface area contributed by atoms with E-state index >= 15 is 0 Å². The van der Waals surface area contributed by atoms with Gasteiger partial charge >= 0.3 is 0 Å². The van der Waals surface area contributed by atoms with Crippen LogP contribution < -0.4 is 9.80 Å². The lowest BCUT2D eigenvalue weighted by Crippen LogP contribution is -2.50. The number of hydrogen-bond acceptors (Lipinski definition) is 7. The minimum Gasteiger partial charge on any atom is -0.366 e. The first-order valence-corrected chi connectivity index (χ1v) is 15.9. The summed E-state index contributed by atoms with van der Waals surface area (Å²) >= 11 is 1.56. The van der Waals surface area contributed by atoms with Gasteiger partial charge in [0.1, 0.15) is 11.6 Å². The summed E-state index contributed by atoms with van der Waals surface area (Å²) in [6.45, 7) is 6.65. The number of para-hydroxylation sites is 1. The first-order valence-electron chi connectivity index (χ1n) is 14.9. The zero-order valence-corrected chi connectivity index (χ0v) is 25.5. The first kappa shape index (κ1) is 29.6. The number of carbonyl (C=O) groups excluding carboxylic acids is 2. The molecule has 2 aliphatic rings. The molecule has 8 nitrogen and oxygen atoms in total. The molecular formula is C34H35FN6O2S. The highest BCUT2D eigenvalue weighted by atomic mass is 32.2. The molecule has 44 heavy (non-hydrogen) atoms. The molecule has 3 heterocycles. The molecule has 226 valence electrons. The van der Waals surface area contributed by atoms with Crippen molar-refractivity contribution in [3.8, 4) is 11.3 Å². The Morgan fingerprint density at radius 2 is 1.39 bits per heavy atom. The third kappa shape index (κ3) is 6.86. The van der Waals surface area contributed by atoms with Crippen molar-refractivity contribution in [1.29, 1.82) is 0 Å². The predicted molar refractivity (Wildman–Crippen MR) is 172 cm³/mol. The third-order valence-electron chi connectivity index (χ3n) is 8.14. The Kier molecular flexibility index (Phi) is 9.07. The number of anilines is 2. The van der Waals surface area contributed by atoms with Crippen LogP contribution in [-0.4, -0.2) is 83.9 Å². The zero-order valence-electron chi connectivity index (χ0n) is 24.7. The third-order valence-corrected chi connectivity index (χ3v) is 9.06. The van der Waals surface area contributed by atoms with Gasteiger partial charge in [-0.2, -0.15) is 0 Å². The van der Waals surface area contributed by atoms with Crippen LogP contribution >= 0.6 is 11.8 Å². The minimum absolute atomic E-state index is 0.00829. The van der Waals surface area contributed by atoms with Gasteiger partial charge in [0.15, 0.2) is 5.16 Å². The number of amides is 2. The maximum absolute atomic E-state index is 14.4. The van der Waals surface area contributed by atoms with Gasteiger partial charge in [-0.3, -0.25) is 9.59 Å². The minimum atomic E-state index is -0.196. The maximum atomic E-state index is 14.4. The number of rotatable bonds is 7. The van der Waals surface area contributed by atoms with Gasteiger partial charge in [-0.25, -0.2) is 14.4 Å². The Morgan fingerprint density at radius 1 is 0.750 bits per heavy atom. The monoisotopic (exact) mass is 610 g/mol. The van der Waals surface area contributed by atoms with Crippen molar-refractivity contribution in [1.82, 2.24) is 19.8 Å². The lowest BCUT2D eigenvalue weighted by atomic mass is 10.1. The summed E-state index contributed by atoms with van der Waals surface area (Å²) in [7, 11) is 0. The summed E-state index contributed by atoms with van der Waals surface area (Å²) in [5, 5.41) is 0.682. The second kappa shape index (κ2) is 13.5. The van der Waals surface area contributed by atoms with Gasteiger partial charge in [0.05, 0.1) is 11.4 Å². The first-order chi connectivity index (χ1) is 21.4. The molecule has 2 saturated heterocycles. The Morgan fingerprint density at radius 3 is 2.07 bits per heavy atom. The standard InChI is InChI=1S/C34H35FN6O2S/c1-25(42)38-15-21-41(22-16-38)33(43)28-13-11-26(12-14-28)24-44-34-36-30(27-7-3-2-4-8-27)23-32(37-34)40-19-17-39(18-20-40)31-10-6-5-9-29(31)35/h2-14,23H,15-22,24H2,1H3. The van der Waals surface area contributed by atoms with Crippen LogP contribution in [-0.2, 0) is 10.5 Å². The number of carbonyl (C=O) groups is 2. The summed E-state index contributed by atoms with van der Waals surface area (Å²) in [6.07, 6.45) is 0. The molecule has 1 aromatic heterocycles. The van der Waals surface area contributed by atoms with E-state index < -0.39 is 0 Å². The Labute approximate surface area is 261 Å². The highest BCUT2D eigenvalue weighted by Gasteiger charge is 2.24. The highest BCUT2D eigenvalue weighted by molar-refractivity contribution is 7.98. The predicted octanol–water partition coefficient (Wildman–Crippen LogP) is 5.21. The molecule has 0 spiro atoms.